The van der Waals surface area contributed by atoms with E-state index in [2.05, 4.69) is 43.1 Å². The average Bonchev–Trinajstić information content (AvgIpc) is 3.62. The molecule has 0 aromatic carbocycles. The van der Waals surface area contributed by atoms with E-state index in [4.69, 9.17) is 4.42 Å². The Kier molecular flexibility index (Phi) is 5.72. The van der Waals surface area contributed by atoms with E-state index in [9.17, 15) is 4.79 Å². The van der Waals surface area contributed by atoms with Crippen molar-refractivity contribution in [1.82, 2.24) is 25.4 Å². The summed E-state index contributed by atoms with van der Waals surface area (Å²) in [6, 6.07) is 3.84. The quantitative estimate of drug-likeness (QED) is 0.370. The van der Waals surface area contributed by atoms with Gasteiger partial charge in [0.2, 0.25) is 5.89 Å². The maximum atomic E-state index is 13.1. The van der Waals surface area contributed by atoms with Crippen LogP contribution in [0.3, 0.4) is 0 Å². The predicted molar refractivity (Wildman–Crippen MR) is 134 cm³/mol. The molecule has 4 aromatic rings. The number of aromatic nitrogens is 3. The molecule has 0 radical (unpaired) electrons. The fraction of sp³-hybridized carbons (Fsp3) is 0.375. The lowest BCUT2D eigenvalue weighted by Crippen LogP contribution is -2.29. The number of thiophene rings is 2. The Labute approximate surface area is 205 Å². The molecule has 0 spiro atoms. The van der Waals surface area contributed by atoms with Gasteiger partial charge >= 0.3 is 6.03 Å². The number of urea groups is 1. The minimum atomic E-state index is -0.219. The Morgan fingerprint density at radius 3 is 2.79 bits per heavy atom. The fourth-order valence-corrected chi connectivity index (χ4v) is 7.42. The number of carbonyl (C=O) groups excluding carboxylic acids is 1. The van der Waals surface area contributed by atoms with Crippen molar-refractivity contribution in [1.29, 1.82) is 0 Å². The van der Waals surface area contributed by atoms with Crippen LogP contribution in [0.25, 0.3) is 16.5 Å². The normalized spacial score (nSPS) is 15.1. The Balaban J connectivity index is 1.25. The summed E-state index contributed by atoms with van der Waals surface area (Å²) in [7, 11) is 0. The van der Waals surface area contributed by atoms with Crippen LogP contribution in [0.1, 0.15) is 45.2 Å². The number of hydrogen-bond acceptors (Lipinski definition) is 7. The standard InChI is InChI=1S/C24H26N6O2S2/c1-14-28-29-21(32-14)20-16-6-2-3-7-18(16)33-22(20)27-24(31)26-12-17-15-8-9-25-13-19(15)34-23(17)30-10-4-5-11-30/h4-5,10-11,25H,2-3,6-9,12-13H2,1H3,(H2,26,27,31). The van der Waals surface area contributed by atoms with E-state index in [-0.39, 0.29) is 6.03 Å². The van der Waals surface area contributed by atoms with Gasteiger partial charge in [-0.25, -0.2) is 4.79 Å². The van der Waals surface area contributed by atoms with Gasteiger partial charge in [0.15, 0.2) is 0 Å². The molecule has 4 aromatic heterocycles. The van der Waals surface area contributed by atoms with Gasteiger partial charge in [-0.05, 0) is 61.9 Å². The largest absolute Gasteiger partial charge is 0.421 e. The van der Waals surface area contributed by atoms with Crippen molar-refractivity contribution in [2.24, 2.45) is 0 Å². The highest BCUT2D eigenvalue weighted by Gasteiger charge is 2.27. The predicted octanol–water partition coefficient (Wildman–Crippen LogP) is 4.80. The van der Waals surface area contributed by atoms with Crippen molar-refractivity contribution in [2.75, 3.05) is 11.9 Å². The number of aryl methyl sites for hydroxylation is 2. The second-order valence-electron chi connectivity index (χ2n) is 8.65. The number of nitrogens with one attached hydrogen (secondary N) is 3. The molecule has 0 saturated heterocycles. The molecule has 0 atom stereocenters. The molecular weight excluding hydrogens is 468 g/mol. The number of hydrogen-bond donors (Lipinski definition) is 3. The topological polar surface area (TPSA) is 97.0 Å². The van der Waals surface area contributed by atoms with Gasteiger partial charge in [-0.1, -0.05) is 0 Å². The van der Waals surface area contributed by atoms with Gasteiger partial charge in [0, 0.05) is 47.7 Å². The van der Waals surface area contributed by atoms with Gasteiger partial charge in [0.25, 0.3) is 5.89 Å². The first-order valence-electron chi connectivity index (χ1n) is 11.6. The maximum absolute atomic E-state index is 13.1. The van der Waals surface area contributed by atoms with E-state index in [0.29, 0.717) is 18.3 Å². The lowest BCUT2D eigenvalue weighted by atomic mass is 9.95. The zero-order valence-corrected chi connectivity index (χ0v) is 20.6. The summed E-state index contributed by atoms with van der Waals surface area (Å²) in [6.07, 6.45) is 9.40. The molecule has 2 aliphatic rings. The van der Waals surface area contributed by atoms with Gasteiger partial charge in [0.05, 0.1) is 5.56 Å². The molecule has 0 unspecified atom stereocenters. The third-order valence-electron chi connectivity index (χ3n) is 6.42. The van der Waals surface area contributed by atoms with Crippen molar-refractivity contribution >= 4 is 33.7 Å². The lowest BCUT2D eigenvalue weighted by molar-refractivity contribution is 0.252. The smallest absolute Gasteiger partial charge is 0.320 e. The van der Waals surface area contributed by atoms with Crippen molar-refractivity contribution < 1.29 is 9.21 Å². The van der Waals surface area contributed by atoms with Gasteiger partial charge < -0.3 is 19.6 Å². The summed E-state index contributed by atoms with van der Waals surface area (Å²) < 4.78 is 7.90. The van der Waals surface area contributed by atoms with Crippen LogP contribution in [0.4, 0.5) is 9.80 Å². The Morgan fingerprint density at radius 1 is 1.12 bits per heavy atom. The SMILES string of the molecule is Cc1nnc(-c2c(NC(=O)NCc3c(-n4cccc4)sc4c3CCNC4)sc3c2CCCC3)o1. The van der Waals surface area contributed by atoms with Crippen LogP contribution in [0.5, 0.6) is 0 Å². The molecule has 1 aliphatic carbocycles. The summed E-state index contributed by atoms with van der Waals surface area (Å²) in [5, 5.41) is 19.9. The number of carbonyl (C=O) groups is 1. The molecule has 0 bridgehead atoms. The maximum Gasteiger partial charge on any atom is 0.320 e. The first-order valence-corrected chi connectivity index (χ1v) is 13.3. The fourth-order valence-electron chi connectivity index (χ4n) is 4.84. The first kappa shape index (κ1) is 21.6. The molecule has 3 N–H and O–H groups in total. The number of nitrogens with zero attached hydrogens (tertiary/aromatic N) is 3. The highest BCUT2D eigenvalue weighted by Crippen LogP contribution is 2.43. The van der Waals surface area contributed by atoms with E-state index >= 15 is 0 Å². The molecule has 2 amide bonds. The highest BCUT2D eigenvalue weighted by molar-refractivity contribution is 7.17. The third kappa shape index (κ3) is 3.95. The van der Waals surface area contributed by atoms with Crippen LogP contribution >= 0.6 is 22.7 Å². The summed E-state index contributed by atoms with van der Waals surface area (Å²) in [6.45, 7) is 4.11. The molecule has 0 saturated carbocycles. The third-order valence-corrected chi connectivity index (χ3v) is 8.91. The second-order valence-corrected chi connectivity index (χ2v) is 10.8. The zero-order valence-electron chi connectivity index (χ0n) is 18.9. The van der Waals surface area contributed by atoms with Crippen molar-refractivity contribution in [3.8, 4) is 16.5 Å². The van der Waals surface area contributed by atoms with Crippen molar-refractivity contribution in [2.45, 2.75) is 52.1 Å². The van der Waals surface area contributed by atoms with Gasteiger partial charge in [-0.3, -0.25) is 5.32 Å². The number of fused-ring (bicyclic) bond motifs is 2. The average molecular weight is 495 g/mol. The monoisotopic (exact) mass is 494 g/mol. The van der Waals surface area contributed by atoms with Gasteiger partial charge in [-0.2, -0.15) is 0 Å². The Hall–Kier alpha value is -2.95. The van der Waals surface area contributed by atoms with Crippen LogP contribution in [0, 0.1) is 6.92 Å². The minimum absolute atomic E-state index is 0.219. The van der Waals surface area contributed by atoms with E-state index in [0.717, 1.165) is 49.3 Å². The molecule has 6 rings (SSSR count). The summed E-state index contributed by atoms with van der Waals surface area (Å²) in [5.41, 5.74) is 4.69. The van der Waals surface area contributed by atoms with Gasteiger partial charge in [-0.15, -0.1) is 32.9 Å². The molecule has 176 valence electrons. The summed E-state index contributed by atoms with van der Waals surface area (Å²) in [5.74, 6) is 1.01. The molecule has 8 nitrogen and oxygen atoms in total. The number of anilines is 1. The van der Waals surface area contributed by atoms with E-state index in [1.165, 1.54) is 37.9 Å². The van der Waals surface area contributed by atoms with E-state index in [1.54, 1.807) is 29.6 Å². The van der Waals surface area contributed by atoms with E-state index < -0.39 is 0 Å². The summed E-state index contributed by atoms with van der Waals surface area (Å²) in [4.78, 5) is 15.7. The lowest BCUT2D eigenvalue weighted by Gasteiger charge is -2.15. The molecule has 5 heterocycles. The summed E-state index contributed by atoms with van der Waals surface area (Å²) >= 11 is 3.43. The molecule has 34 heavy (non-hydrogen) atoms. The van der Waals surface area contributed by atoms with Crippen LogP contribution in [-0.4, -0.2) is 27.3 Å². The second kappa shape index (κ2) is 9.01. The van der Waals surface area contributed by atoms with E-state index in [1.807, 2.05) is 12.1 Å². The highest BCUT2D eigenvalue weighted by atomic mass is 32.1. The van der Waals surface area contributed by atoms with Crippen molar-refractivity contribution in [3.63, 3.8) is 0 Å². The van der Waals surface area contributed by atoms with Crippen LogP contribution < -0.4 is 16.0 Å². The molecule has 1 aliphatic heterocycles. The van der Waals surface area contributed by atoms with Crippen molar-refractivity contribution in [3.05, 3.63) is 56.9 Å². The Morgan fingerprint density at radius 2 is 1.97 bits per heavy atom. The first-order chi connectivity index (χ1) is 16.7. The number of amides is 2. The molecular formula is C24H26N6O2S2. The molecule has 0 fully saturated rings. The van der Waals surface area contributed by atoms with Gasteiger partial charge in [0.1, 0.15) is 10.0 Å². The van der Waals surface area contributed by atoms with Crippen LogP contribution in [0.2, 0.25) is 0 Å². The van der Waals surface area contributed by atoms with Crippen LogP contribution in [0.15, 0.2) is 28.9 Å². The zero-order chi connectivity index (χ0) is 23.1. The van der Waals surface area contributed by atoms with Crippen LogP contribution in [-0.2, 0) is 32.4 Å². The number of rotatable bonds is 5. The minimum Gasteiger partial charge on any atom is -0.421 e. The molecule has 10 heteroatoms. The Bertz CT molecular complexity index is 1330.